The molecule has 3 heterocycles. The molecule has 30 heavy (non-hydrogen) atoms. The first-order valence-corrected chi connectivity index (χ1v) is 10.4. The van der Waals surface area contributed by atoms with Gasteiger partial charge in [0.1, 0.15) is 23.5 Å². The number of hydrogen-bond acceptors (Lipinski definition) is 6. The van der Waals surface area contributed by atoms with Crippen LogP contribution in [-0.4, -0.2) is 71.7 Å². The van der Waals surface area contributed by atoms with Crippen LogP contribution in [0.3, 0.4) is 0 Å². The number of nitriles is 1. The fraction of sp³-hybridized carbons (Fsp3) is 0.500. The van der Waals surface area contributed by atoms with Crippen molar-refractivity contribution in [2.45, 2.75) is 38.0 Å². The number of likely N-dealkylation sites (tertiary alicyclic amines) is 2. The van der Waals surface area contributed by atoms with Crippen LogP contribution in [0.4, 0.5) is 10.1 Å². The highest BCUT2D eigenvalue weighted by Crippen LogP contribution is 2.31. The average Bonchev–Trinajstić information content (AvgIpc) is 3.35. The molecule has 4 rings (SSSR count). The Labute approximate surface area is 175 Å². The number of halogens is 1. The molecule has 8 heteroatoms. The number of nitrogens with zero attached hydrogens (tertiary/aromatic N) is 4. The second-order valence-corrected chi connectivity index (χ2v) is 7.83. The highest BCUT2D eigenvalue weighted by atomic mass is 19.1. The smallest absolute Gasteiger partial charge is 0.237 e. The van der Waals surface area contributed by atoms with E-state index < -0.39 is 12.2 Å². The number of carbonyl (C=O) groups excluding carboxylic acids is 1. The molecule has 2 aromatic rings. The Hall–Kier alpha value is -2.92. The molecule has 158 valence electrons. The van der Waals surface area contributed by atoms with Gasteiger partial charge in [0.05, 0.1) is 25.8 Å². The van der Waals surface area contributed by atoms with Crippen molar-refractivity contribution in [1.82, 2.24) is 14.8 Å². The molecule has 2 aliphatic rings. The molecule has 3 atom stereocenters. The zero-order chi connectivity index (χ0) is 21.1. The fourth-order valence-electron chi connectivity index (χ4n) is 4.32. The average molecular weight is 411 g/mol. The first-order valence-electron chi connectivity index (χ1n) is 10.4. The Morgan fingerprint density at radius 1 is 1.40 bits per heavy atom. The minimum absolute atomic E-state index is 0.0255. The molecular formula is C22H26FN5O2. The predicted molar refractivity (Wildman–Crippen MR) is 112 cm³/mol. The van der Waals surface area contributed by atoms with Crippen LogP contribution in [0.2, 0.25) is 0 Å². The van der Waals surface area contributed by atoms with Gasteiger partial charge in [0.2, 0.25) is 5.91 Å². The standard InChI is InChI=1S/C22H26FN5O2/c1-2-30-20-6-5-19(18-4-3-8-25-22(18)20)26-16-7-9-27(13-16)14-21(29)28-12-15(23)10-17(28)11-24/h3-6,8,15-17,26H,2,7,9-10,12-14H2,1H3/t15-,16-,17-/m0/s1. The second kappa shape index (κ2) is 8.84. The summed E-state index contributed by atoms with van der Waals surface area (Å²) in [6.45, 7) is 4.26. The first kappa shape index (κ1) is 20.4. The van der Waals surface area contributed by atoms with Crippen molar-refractivity contribution < 1.29 is 13.9 Å². The van der Waals surface area contributed by atoms with E-state index in [1.165, 1.54) is 4.90 Å². The zero-order valence-electron chi connectivity index (χ0n) is 17.1. The maximum Gasteiger partial charge on any atom is 0.237 e. The van der Waals surface area contributed by atoms with Gasteiger partial charge < -0.3 is 15.0 Å². The van der Waals surface area contributed by atoms with Crippen LogP contribution < -0.4 is 10.1 Å². The van der Waals surface area contributed by atoms with Crippen LogP contribution >= 0.6 is 0 Å². The number of benzene rings is 1. The van der Waals surface area contributed by atoms with E-state index in [1.54, 1.807) is 6.20 Å². The van der Waals surface area contributed by atoms with Gasteiger partial charge in [-0.15, -0.1) is 0 Å². The molecule has 0 aliphatic carbocycles. The molecule has 2 fully saturated rings. The van der Waals surface area contributed by atoms with Gasteiger partial charge in [-0.25, -0.2) is 4.39 Å². The third-order valence-electron chi connectivity index (χ3n) is 5.74. The summed E-state index contributed by atoms with van der Waals surface area (Å²) in [4.78, 5) is 20.5. The summed E-state index contributed by atoms with van der Waals surface area (Å²) in [6, 6.07) is 9.45. The number of anilines is 1. The number of aromatic nitrogens is 1. The molecule has 0 unspecified atom stereocenters. The number of carbonyl (C=O) groups is 1. The number of nitrogens with one attached hydrogen (secondary N) is 1. The highest BCUT2D eigenvalue weighted by molar-refractivity contribution is 5.95. The Balaban J connectivity index is 1.39. The molecule has 7 nitrogen and oxygen atoms in total. The molecular weight excluding hydrogens is 385 g/mol. The number of rotatable bonds is 6. The van der Waals surface area contributed by atoms with Gasteiger partial charge in [0.25, 0.3) is 0 Å². The lowest BCUT2D eigenvalue weighted by atomic mass is 10.1. The minimum atomic E-state index is -1.10. The van der Waals surface area contributed by atoms with Crippen LogP contribution in [0.25, 0.3) is 10.9 Å². The number of hydrogen-bond donors (Lipinski definition) is 1. The van der Waals surface area contributed by atoms with E-state index in [0.717, 1.165) is 35.3 Å². The number of fused-ring (bicyclic) bond motifs is 1. The molecule has 1 amide bonds. The normalized spacial score (nSPS) is 24.2. The maximum absolute atomic E-state index is 13.6. The molecule has 0 radical (unpaired) electrons. The van der Waals surface area contributed by atoms with Gasteiger partial charge in [-0.2, -0.15) is 5.26 Å². The molecule has 0 spiro atoms. The molecule has 2 aliphatic heterocycles. The number of pyridine rings is 1. The van der Waals surface area contributed by atoms with Crippen molar-refractivity contribution >= 4 is 22.5 Å². The number of ether oxygens (including phenoxy) is 1. The summed E-state index contributed by atoms with van der Waals surface area (Å²) in [5.74, 6) is 0.596. The Morgan fingerprint density at radius 3 is 3.07 bits per heavy atom. The molecule has 1 N–H and O–H groups in total. The van der Waals surface area contributed by atoms with E-state index in [-0.39, 0.29) is 31.5 Å². The molecule has 2 saturated heterocycles. The lowest BCUT2D eigenvalue weighted by molar-refractivity contribution is -0.132. The van der Waals surface area contributed by atoms with Crippen molar-refractivity contribution in [2.75, 3.05) is 38.1 Å². The predicted octanol–water partition coefficient (Wildman–Crippen LogP) is 2.58. The maximum atomic E-state index is 13.6. The molecule has 1 aromatic carbocycles. The van der Waals surface area contributed by atoms with E-state index in [4.69, 9.17) is 10.00 Å². The quantitative estimate of drug-likeness (QED) is 0.787. The van der Waals surface area contributed by atoms with Crippen molar-refractivity contribution in [3.63, 3.8) is 0 Å². The van der Waals surface area contributed by atoms with Gasteiger partial charge in [0, 0.05) is 42.8 Å². The van der Waals surface area contributed by atoms with Crippen LogP contribution in [0.1, 0.15) is 19.8 Å². The van der Waals surface area contributed by atoms with Crippen LogP contribution in [0, 0.1) is 11.3 Å². The van der Waals surface area contributed by atoms with E-state index in [9.17, 15) is 9.18 Å². The van der Waals surface area contributed by atoms with Gasteiger partial charge in [-0.3, -0.25) is 14.7 Å². The van der Waals surface area contributed by atoms with Crippen LogP contribution in [0.5, 0.6) is 5.75 Å². The van der Waals surface area contributed by atoms with Gasteiger partial charge in [0.15, 0.2) is 0 Å². The van der Waals surface area contributed by atoms with Crippen molar-refractivity contribution in [2.24, 2.45) is 0 Å². The van der Waals surface area contributed by atoms with Crippen molar-refractivity contribution in [3.8, 4) is 11.8 Å². The second-order valence-electron chi connectivity index (χ2n) is 7.83. The van der Waals surface area contributed by atoms with Gasteiger partial charge in [-0.05, 0) is 37.6 Å². The summed E-state index contributed by atoms with van der Waals surface area (Å²) in [5.41, 5.74) is 1.82. The van der Waals surface area contributed by atoms with Crippen molar-refractivity contribution in [3.05, 3.63) is 30.5 Å². The molecule has 0 saturated carbocycles. The summed E-state index contributed by atoms with van der Waals surface area (Å²) in [6.07, 6.45) is 1.67. The van der Waals surface area contributed by atoms with Gasteiger partial charge in [-0.1, -0.05) is 0 Å². The van der Waals surface area contributed by atoms with Crippen LogP contribution in [-0.2, 0) is 4.79 Å². The SMILES string of the molecule is CCOc1ccc(N[C@H]2CCN(CC(=O)N3C[C@@H](F)C[C@H]3C#N)C2)c2cccnc12. The third-order valence-corrected chi connectivity index (χ3v) is 5.74. The summed E-state index contributed by atoms with van der Waals surface area (Å²) in [5, 5.41) is 13.7. The van der Waals surface area contributed by atoms with E-state index >= 15 is 0 Å². The highest BCUT2D eigenvalue weighted by Gasteiger charge is 2.36. The fourth-order valence-corrected chi connectivity index (χ4v) is 4.32. The topological polar surface area (TPSA) is 81.5 Å². The first-order chi connectivity index (χ1) is 14.6. The van der Waals surface area contributed by atoms with Crippen molar-refractivity contribution in [1.29, 1.82) is 5.26 Å². The summed E-state index contributed by atoms with van der Waals surface area (Å²) < 4.78 is 19.3. The van der Waals surface area contributed by atoms with Gasteiger partial charge >= 0.3 is 0 Å². The Kier molecular flexibility index (Phi) is 6.00. The molecule has 0 bridgehead atoms. The lowest BCUT2D eigenvalue weighted by Crippen LogP contribution is -2.42. The monoisotopic (exact) mass is 411 g/mol. The minimum Gasteiger partial charge on any atom is -0.492 e. The van der Waals surface area contributed by atoms with E-state index in [2.05, 4.69) is 15.2 Å². The van der Waals surface area contributed by atoms with Crippen LogP contribution in [0.15, 0.2) is 30.5 Å². The third kappa shape index (κ3) is 4.17. The largest absolute Gasteiger partial charge is 0.492 e. The zero-order valence-corrected chi connectivity index (χ0v) is 17.1. The Morgan fingerprint density at radius 2 is 2.27 bits per heavy atom. The summed E-state index contributed by atoms with van der Waals surface area (Å²) in [7, 11) is 0. The van der Waals surface area contributed by atoms with E-state index in [1.807, 2.05) is 37.3 Å². The number of alkyl halides is 1. The Bertz CT molecular complexity index is 962. The summed E-state index contributed by atoms with van der Waals surface area (Å²) >= 11 is 0. The lowest BCUT2D eigenvalue weighted by Gasteiger charge is -2.23. The molecule has 1 aromatic heterocycles. The number of amides is 1. The van der Waals surface area contributed by atoms with E-state index in [0.29, 0.717) is 13.2 Å².